The fraction of sp³-hybridized carbons (Fsp3) is 0.692. The Morgan fingerprint density at radius 2 is 1.39 bits per heavy atom. The highest BCUT2D eigenvalue weighted by Gasteiger charge is 2.21. The van der Waals surface area contributed by atoms with Crippen LogP contribution in [0.25, 0.3) is 0 Å². The number of allylic oxidation sites excluding steroid dienone is 1. The molecule has 0 fully saturated rings. The average Bonchev–Trinajstić information content (AvgIpc) is 1.92. The van der Waals surface area contributed by atoms with E-state index in [1.54, 1.807) is 6.08 Å². The molecule has 0 saturated heterocycles. The van der Waals surface area contributed by atoms with Crippen LogP contribution in [0.5, 0.6) is 0 Å². The van der Waals surface area contributed by atoms with Gasteiger partial charge in [-0.05, 0) is 53.1 Å². The summed E-state index contributed by atoms with van der Waals surface area (Å²) in [4.78, 5) is 0. The van der Waals surface area contributed by atoms with Gasteiger partial charge in [-0.25, -0.2) is 0 Å². The van der Waals surface area contributed by atoms with Crippen molar-refractivity contribution >= 4 is 16.6 Å². The van der Waals surface area contributed by atoms with Crippen LogP contribution in [0.4, 0.5) is 0 Å². The molecule has 0 amide bonds. The maximum absolute atomic E-state index is 5.89. The van der Waals surface area contributed by atoms with Gasteiger partial charge in [0.1, 0.15) is 5.76 Å². The summed E-state index contributed by atoms with van der Waals surface area (Å²) in [6.07, 6.45) is 1.84. The van der Waals surface area contributed by atoms with Crippen molar-refractivity contribution in [1.29, 1.82) is 0 Å². The van der Waals surface area contributed by atoms with Gasteiger partial charge in [0.05, 0.1) is 12.2 Å². The van der Waals surface area contributed by atoms with Crippen LogP contribution in [0.1, 0.15) is 13.8 Å². The summed E-state index contributed by atoms with van der Waals surface area (Å²) in [5, 5.41) is 0. The van der Waals surface area contributed by atoms with Gasteiger partial charge in [0.15, 0.2) is 0 Å². The molecule has 0 aromatic heterocycles. The summed E-state index contributed by atoms with van der Waals surface area (Å²) in [7, 11) is -3.32. The van der Waals surface area contributed by atoms with E-state index in [9.17, 15) is 0 Å². The average molecular weight is 289 g/mol. The molecule has 0 aliphatic rings. The largest absolute Gasteiger partial charge is 0.545 e. The summed E-state index contributed by atoms with van der Waals surface area (Å²) in [5.74, 6) is 1.13. The smallest absolute Gasteiger partial charge is 0.269 e. The predicted molar refractivity (Wildman–Crippen MR) is 82.3 cm³/mol. The molecular weight excluding hydrogens is 260 g/mol. The van der Waals surface area contributed by atoms with Crippen LogP contribution in [0, 0.1) is 0 Å². The third kappa shape index (κ3) is 10.5. The van der Waals surface area contributed by atoms with Crippen molar-refractivity contribution in [2.75, 3.05) is 0 Å². The first-order chi connectivity index (χ1) is 7.89. The summed E-state index contributed by atoms with van der Waals surface area (Å²) in [5.41, 5.74) is 0. The Kier molecular flexibility index (Phi) is 6.22. The molecule has 0 N–H and O–H groups in total. The lowest BCUT2D eigenvalue weighted by atomic mass is 10.5. The molecule has 5 heteroatoms. The number of hydrogen-bond acceptors (Lipinski definition) is 3. The van der Waals surface area contributed by atoms with E-state index in [1.165, 1.54) is 0 Å². The molecule has 0 aromatic carbocycles. The molecule has 18 heavy (non-hydrogen) atoms. The van der Waals surface area contributed by atoms with Crippen LogP contribution in [0.2, 0.25) is 39.3 Å². The Bertz CT molecular complexity index is 309. The van der Waals surface area contributed by atoms with E-state index in [-0.39, 0.29) is 6.10 Å². The van der Waals surface area contributed by atoms with Gasteiger partial charge in [-0.3, -0.25) is 0 Å². The Balaban J connectivity index is 4.79. The minimum atomic E-state index is -1.69. The second kappa shape index (κ2) is 6.47. The van der Waals surface area contributed by atoms with Crippen LogP contribution >= 0.6 is 0 Å². The number of ether oxygens (including phenoxy) is 1. The summed E-state index contributed by atoms with van der Waals surface area (Å²) in [6.45, 7) is 20.6. The first kappa shape index (κ1) is 17.3. The topological polar surface area (TPSA) is 27.7 Å². The normalized spacial score (nSPS) is 13.5. The van der Waals surface area contributed by atoms with E-state index >= 15 is 0 Å². The lowest BCUT2D eigenvalue weighted by molar-refractivity contribution is 0.0593. The van der Waals surface area contributed by atoms with Crippen molar-refractivity contribution in [3.8, 4) is 0 Å². The molecule has 0 heterocycles. The van der Waals surface area contributed by atoms with E-state index in [4.69, 9.17) is 13.6 Å². The van der Waals surface area contributed by atoms with Crippen molar-refractivity contribution < 1.29 is 13.6 Å². The minimum absolute atomic E-state index is 0.0762. The van der Waals surface area contributed by atoms with Crippen LogP contribution in [0.3, 0.4) is 0 Å². The van der Waals surface area contributed by atoms with Crippen molar-refractivity contribution in [3.05, 3.63) is 24.4 Å². The van der Waals surface area contributed by atoms with E-state index < -0.39 is 16.6 Å². The Morgan fingerprint density at radius 3 is 1.72 bits per heavy atom. The maximum Gasteiger partial charge on any atom is 0.269 e. The third-order valence-corrected chi connectivity index (χ3v) is 3.16. The Morgan fingerprint density at radius 1 is 0.944 bits per heavy atom. The minimum Gasteiger partial charge on any atom is -0.545 e. The van der Waals surface area contributed by atoms with Crippen molar-refractivity contribution in [2.24, 2.45) is 0 Å². The van der Waals surface area contributed by atoms with E-state index in [2.05, 4.69) is 45.9 Å². The van der Waals surface area contributed by atoms with Gasteiger partial charge in [-0.15, -0.1) is 0 Å². The van der Waals surface area contributed by atoms with Gasteiger partial charge in [-0.1, -0.05) is 6.58 Å². The lowest BCUT2D eigenvalue weighted by Crippen LogP contribution is -2.27. The van der Waals surface area contributed by atoms with E-state index in [0.29, 0.717) is 11.7 Å². The summed E-state index contributed by atoms with van der Waals surface area (Å²) >= 11 is 0. The van der Waals surface area contributed by atoms with Crippen LogP contribution in [-0.4, -0.2) is 22.7 Å². The molecule has 0 aliphatic carbocycles. The van der Waals surface area contributed by atoms with Gasteiger partial charge in [0.2, 0.25) is 16.6 Å². The molecule has 0 saturated carbocycles. The molecule has 0 aromatic rings. The number of hydrogen-bond donors (Lipinski definition) is 0. The fourth-order valence-corrected chi connectivity index (χ4v) is 2.73. The van der Waals surface area contributed by atoms with Gasteiger partial charge in [-0.2, -0.15) is 0 Å². The molecule has 0 aliphatic heterocycles. The van der Waals surface area contributed by atoms with Crippen LogP contribution in [-0.2, 0) is 13.6 Å². The van der Waals surface area contributed by atoms with E-state index in [0.717, 1.165) is 0 Å². The highest BCUT2D eigenvalue weighted by molar-refractivity contribution is 6.70. The van der Waals surface area contributed by atoms with Crippen LogP contribution in [0.15, 0.2) is 24.4 Å². The second-order valence-electron chi connectivity index (χ2n) is 6.53. The summed E-state index contributed by atoms with van der Waals surface area (Å²) < 4.78 is 17.3. The van der Waals surface area contributed by atoms with Crippen molar-refractivity contribution in [2.45, 2.75) is 59.2 Å². The van der Waals surface area contributed by atoms with Crippen molar-refractivity contribution in [3.63, 3.8) is 0 Å². The van der Waals surface area contributed by atoms with Gasteiger partial charge < -0.3 is 13.6 Å². The zero-order valence-electron chi connectivity index (χ0n) is 13.1. The van der Waals surface area contributed by atoms with Crippen LogP contribution < -0.4 is 0 Å². The quantitative estimate of drug-likeness (QED) is 0.393. The van der Waals surface area contributed by atoms with Gasteiger partial charge in [0.25, 0.3) is 5.95 Å². The fourth-order valence-electron chi connectivity index (χ4n) is 1.18. The third-order valence-electron chi connectivity index (χ3n) is 1.47. The molecule has 0 unspecified atom stereocenters. The second-order valence-corrected chi connectivity index (χ2v) is 15.4. The number of rotatable bonds is 7. The zero-order valence-corrected chi connectivity index (χ0v) is 15.1. The lowest BCUT2D eigenvalue weighted by Gasteiger charge is -2.24. The summed E-state index contributed by atoms with van der Waals surface area (Å²) in [6, 6.07) is 0. The maximum atomic E-state index is 5.89. The predicted octanol–water partition coefficient (Wildman–Crippen LogP) is 4.47. The monoisotopic (exact) mass is 288 g/mol. The van der Waals surface area contributed by atoms with Crippen molar-refractivity contribution in [1.82, 2.24) is 0 Å². The molecule has 0 bridgehead atoms. The Hall–Kier alpha value is -0.686. The van der Waals surface area contributed by atoms with E-state index in [1.807, 2.05) is 13.8 Å². The highest BCUT2D eigenvalue weighted by Crippen LogP contribution is 2.17. The molecule has 106 valence electrons. The molecule has 3 nitrogen and oxygen atoms in total. The zero-order chi connectivity index (χ0) is 14.6. The highest BCUT2D eigenvalue weighted by atomic mass is 28.4. The van der Waals surface area contributed by atoms with Gasteiger partial charge in [0, 0.05) is 0 Å². The molecule has 0 radical (unpaired) electrons. The standard InChI is InChI=1S/C13H28O3Si2/c1-11(2)14-13(16-18(7,8)9)10-12(3)15-17(4,5)6/h10-11H,3H2,1-2,4-9H3/b13-10-. The SMILES string of the molecule is C=C(/C=C(/OC(C)C)O[Si](C)(C)C)O[Si](C)(C)C. The molecular formula is C13H28O3Si2. The first-order valence-corrected chi connectivity index (χ1v) is 13.2. The Labute approximate surface area is 114 Å². The molecule has 0 spiro atoms. The molecule has 0 rings (SSSR count). The molecule has 0 atom stereocenters. The van der Waals surface area contributed by atoms with Gasteiger partial charge >= 0.3 is 0 Å². The first-order valence-electron chi connectivity index (χ1n) is 6.34.